The fraction of sp³-hybridized carbons (Fsp3) is 0.125. The van der Waals surface area contributed by atoms with E-state index >= 15 is 0 Å². The number of thioether (sulfide) groups is 1. The number of rotatable bonds is 11. The number of pyridine rings is 1. The van der Waals surface area contributed by atoms with Crippen molar-refractivity contribution < 1.29 is 19.1 Å². The van der Waals surface area contributed by atoms with Crippen LogP contribution in [0.5, 0.6) is 5.75 Å². The third-order valence-electron chi connectivity index (χ3n) is 5.75. The molecule has 0 aliphatic rings. The van der Waals surface area contributed by atoms with Crippen molar-refractivity contribution in [3.63, 3.8) is 0 Å². The van der Waals surface area contributed by atoms with Crippen LogP contribution in [-0.4, -0.2) is 34.6 Å². The van der Waals surface area contributed by atoms with Crippen LogP contribution in [0.2, 0.25) is 0 Å². The molecule has 9 heteroatoms. The summed E-state index contributed by atoms with van der Waals surface area (Å²) in [4.78, 5) is 43.6. The molecule has 41 heavy (non-hydrogen) atoms. The van der Waals surface area contributed by atoms with Gasteiger partial charge in [-0.25, -0.2) is 0 Å². The smallest absolute Gasteiger partial charge is 0.272 e. The molecule has 3 N–H and O–H groups in total. The van der Waals surface area contributed by atoms with Crippen molar-refractivity contribution in [2.24, 2.45) is 0 Å². The summed E-state index contributed by atoms with van der Waals surface area (Å²) in [6, 6.07) is 26.6. The van der Waals surface area contributed by atoms with Gasteiger partial charge in [0.25, 0.3) is 11.8 Å². The molecule has 1 aromatic heterocycles. The summed E-state index contributed by atoms with van der Waals surface area (Å²) < 4.78 is 5.43. The van der Waals surface area contributed by atoms with E-state index in [9.17, 15) is 14.4 Å². The number of aromatic nitrogens is 1. The van der Waals surface area contributed by atoms with Crippen LogP contribution in [0, 0.1) is 0 Å². The summed E-state index contributed by atoms with van der Waals surface area (Å²) in [6.07, 6.45) is 4.79. The maximum atomic E-state index is 13.2. The highest BCUT2D eigenvalue weighted by atomic mass is 32.2. The SMILES string of the molecule is CCOc1ccc(NC(=O)C(C)Sc2ccc(NC(=O)/C(=C/c3cccnc3)NC(=O)c3ccccc3)cc2)cc1. The van der Waals surface area contributed by atoms with Crippen LogP contribution in [0.25, 0.3) is 6.08 Å². The van der Waals surface area contributed by atoms with Crippen LogP contribution in [0.1, 0.15) is 29.8 Å². The predicted octanol–water partition coefficient (Wildman–Crippen LogP) is 6.01. The lowest BCUT2D eigenvalue weighted by molar-refractivity contribution is -0.115. The molecule has 0 aliphatic carbocycles. The maximum absolute atomic E-state index is 13.2. The van der Waals surface area contributed by atoms with Crippen LogP contribution in [0.15, 0.2) is 114 Å². The summed E-state index contributed by atoms with van der Waals surface area (Å²) in [5, 5.41) is 8.09. The van der Waals surface area contributed by atoms with Gasteiger partial charge >= 0.3 is 0 Å². The second-order valence-corrected chi connectivity index (χ2v) is 10.3. The Kier molecular flexibility index (Phi) is 10.3. The highest BCUT2D eigenvalue weighted by molar-refractivity contribution is 8.00. The number of carbonyl (C=O) groups is 3. The van der Waals surface area contributed by atoms with Gasteiger partial charge in [-0.05, 0) is 92.2 Å². The molecule has 3 aromatic carbocycles. The van der Waals surface area contributed by atoms with Crippen molar-refractivity contribution in [2.45, 2.75) is 24.0 Å². The molecule has 1 heterocycles. The molecule has 0 saturated carbocycles. The number of carbonyl (C=O) groups excluding carboxylic acids is 3. The molecular formula is C32H30N4O4S. The zero-order valence-corrected chi connectivity index (χ0v) is 23.5. The van der Waals surface area contributed by atoms with Crippen molar-refractivity contribution in [2.75, 3.05) is 17.2 Å². The lowest BCUT2D eigenvalue weighted by Gasteiger charge is -2.14. The Bertz CT molecular complexity index is 1490. The van der Waals surface area contributed by atoms with Crippen LogP contribution < -0.4 is 20.7 Å². The van der Waals surface area contributed by atoms with E-state index in [-0.39, 0.29) is 16.9 Å². The molecule has 1 atom stereocenters. The summed E-state index contributed by atoms with van der Waals surface area (Å²) in [5.41, 5.74) is 2.40. The third kappa shape index (κ3) is 8.81. The van der Waals surface area contributed by atoms with E-state index in [1.54, 1.807) is 79.1 Å². The predicted molar refractivity (Wildman–Crippen MR) is 163 cm³/mol. The molecule has 0 saturated heterocycles. The van der Waals surface area contributed by atoms with Crippen molar-refractivity contribution in [3.8, 4) is 5.75 Å². The molecular weight excluding hydrogens is 536 g/mol. The van der Waals surface area contributed by atoms with Gasteiger partial charge in [0.15, 0.2) is 0 Å². The molecule has 0 bridgehead atoms. The summed E-state index contributed by atoms with van der Waals surface area (Å²) in [7, 11) is 0. The molecule has 0 radical (unpaired) electrons. The average Bonchev–Trinajstić information content (AvgIpc) is 2.99. The Hall–Kier alpha value is -4.89. The van der Waals surface area contributed by atoms with Gasteiger partial charge in [-0.15, -0.1) is 11.8 Å². The zero-order valence-electron chi connectivity index (χ0n) is 22.7. The minimum atomic E-state index is -0.485. The topological polar surface area (TPSA) is 109 Å². The number of ether oxygens (including phenoxy) is 1. The molecule has 0 aliphatic heterocycles. The lowest BCUT2D eigenvalue weighted by atomic mass is 10.2. The zero-order chi connectivity index (χ0) is 29.0. The Balaban J connectivity index is 1.38. The van der Waals surface area contributed by atoms with E-state index in [1.807, 2.05) is 44.2 Å². The van der Waals surface area contributed by atoms with Gasteiger partial charge in [-0.1, -0.05) is 24.3 Å². The normalized spacial score (nSPS) is 11.7. The third-order valence-corrected chi connectivity index (χ3v) is 6.86. The summed E-state index contributed by atoms with van der Waals surface area (Å²) in [6.45, 7) is 4.32. The standard InChI is InChI=1S/C32H30N4O4S/c1-3-40-27-15-11-25(12-16-27)34-30(37)22(2)41-28-17-13-26(14-18-28)35-32(39)29(20-23-8-7-19-33-21-23)36-31(38)24-9-5-4-6-10-24/h4-22H,3H2,1-2H3,(H,34,37)(H,35,39)(H,36,38)/b29-20-. The highest BCUT2D eigenvalue weighted by Crippen LogP contribution is 2.26. The van der Waals surface area contributed by atoms with Crippen LogP contribution >= 0.6 is 11.8 Å². The van der Waals surface area contributed by atoms with Crippen molar-refractivity contribution >= 4 is 46.9 Å². The minimum Gasteiger partial charge on any atom is -0.494 e. The molecule has 4 aromatic rings. The Morgan fingerprint density at radius 2 is 1.56 bits per heavy atom. The van der Waals surface area contributed by atoms with Gasteiger partial charge < -0.3 is 20.7 Å². The first kappa shape index (κ1) is 29.1. The minimum absolute atomic E-state index is 0.0740. The molecule has 0 spiro atoms. The second-order valence-electron chi connectivity index (χ2n) is 8.85. The Labute approximate surface area is 243 Å². The monoisotopic (exact) mass is 566 g/mol. The molecule has 1 unspecified atom stereocenters. The maximum Gasteiger partial charge on any atom is 0.272 e. The first-order valence-electron chi connectivity index (χ1n) is 13.0. The largest absolute Gasteiger partial charge is 0.494 e. The first-order valence-corrected chi connectivity index (χ1v) is 13.9. The molecule has 3 amide bonds. The number of nitrogens with zero attached hydrogens (tertiary/aromatic N) is 1. The molecule has 8 nitrogen and oxygen atoms in total. The van der Waals surface area contributed by atoms with Gasteiger partial charge in [0.1, 0.15) is 11.4 Å². The first-order chi connectivity index (χ1) is 19.9. The van der Waals surface area contributed by atoms with Gasteiger partial charge in [0.05, 0.1) is 11.9 Å². The van der Waals surface area contributed by atoms with E-state index in [4.69, 9.17) is 4.74 Å². The summed E-state index contributed by atoms with van der Waals surface area (Å²) >= 11 is 1.40. The van der Waals surface area contributed by atoms with Crippen LogP contribution in [0.3, 0.4) is 0 Å². The highest BCUT2D eigenvalue weighted by Gasteiger charge is 2.17. The fourth-order valence-corrected chi connectivity index (χ4v) is 4.56. The number of hydrogen-bond donors (Lipinski definition) is 3. The lowest BCUT2D eigenvalue weighted by Crippen LogP contribution is -2.30. The van der Waals surface area contributed by atoms with Crippen LogP contribution in [0.4, 0.5) is 11.4 Å². The van der Waals surface area contributed by atoms with Crippen molar-refractivity contribution in [1.29, 1.82) is 0 Å². The van der Waals surface area contributed by atoms with Crippen molar-refractivity contribution in [3.05, 3.63) is 120 Å². The number of benzene rings is 3. The van der Waals surface area contributed by atoms with E-state index < -0.39 is 11.8 Å². The number of hydrogen-bond acceptors (Lipinski definition) is 6. The van der Waals surface area contributed by atoms with E-state index in [1.165, 1.54) is 11.8 Å². The Morgan fingerprint density at radius 1 is 0.878 bits per heavy atom. The fourth-order valence-electron chi connectivity index (χ4n) is 3.69. The number of anilines is 2. The average molecular weight is 567 g/mol. The Morgan fingerprint density at radius 3 is 2.22 bits per heavy atom. The molecule has 208 valence electrons. The van der Waals surface area contributed by atoms with Gasteiger partial charge in [-0.3, -0.25) is 19.4 Å². The van der Waals surface area contributed by atoms with Gasteiger partial charge in [-0.2, -0.15) is 0 Å². The number of amides is 3. The van der Waals surface area contributed by atoms with Crippen LogP contribution in [-0.2, 0) is 9.59 Å². The quantitative estimate of drug-likeness (QED) is 0.152. The van der Waals surface area contributed by atoms with E-state index in [0.29, 0.717) is 29.1 Å². The molecule has 0 fully saturated rings. The number of nitrogens with one attached hydrogen (secondary N) is 3. The van der Waals surface area contributed by atoms with Crippen molar-refractivity contribution in [1.82, 2.24) is 10.3 Å². The van der Waals surface area contributed by atoms with Gasteiger partial charge in [0, 0.05) is 34.2 Å². The van der Waals surface area contributed by atoms with E-state index in [2.05, 4.69) is 20.9 Å². The second kappa shape index (κ2) is 14.5. The summed E-state index contributed by atoms with van der Waals surface area (Å²) in [5.74, 6) is -0.268. The molecule has 4 rings (SSSR count). The van der Waals surface area contributed by atoms with Gasteiger partial charge in [0.2, 0.25) is 5.91 Å². The van der Waals surface area contributed by atoms with E-state index in [0.717, 1.165) is 10.6 Å².